The van der Waals surface area contributed by atoms with Crippen LogP contribution in [0, 0.1) is 0 Å². The standard InChI is InChI=1S/C10H16N2O2S/c11-4-1-2-10(14)12-6-9(13)8-3-5-15-7-8/h3,5,7,9,13H,1-2,4,6,11H2,(H,12,14). The third kappa shape index (κ3) is 4.42. The zero-order valence-corrected chi connectivity index (χ0v) is 9.30. The molecule has 0 aliphatic heterocycles. The fourth-order valence-corrected chi connectivity index (χ4v) is 1.85. The first-order valence-corrected chi connectivity index (χ1v) is 5.85. The Kier molecular flexibility index (Phi) is 5.31. The summed E-state index contributed by atoms with van der Waals surface area (Å²) < 4.78 is 0. The Morgan fingerprint density at radius 3 is 3.07 bits per heavy atom. The maximum Gasteiger partial charge on any atom is 0.220 e. The molecule has 1 aromatic rings. The Balaban J connectivity index is 2.22. The van der Waals surface area contributed by atoms with Gasteiger partial charge in [0.25, 0.3) is 0 Å². The van der Waals surface area contributed by atoms with E-state index in [1.165, 1.54) is 11.3 Å². The van der Waals surface area contributed by atoms with Gasteiger partial charge in [-0.2, -0.15) is 11.3 Å². The van der Waals surface area contributed by atoms with Crippen LogP contribution in [0.1, 0.15) is 24.5 Å². The lowest BCUT2D eigenvalue weighted by molar-refractivity contribution is -0.121. The first-order valence-electron chi connectivity index (χ1n) is 4.91. The Morgan fingerprint density at radius 2 is 2.47 bits per heavy atom. The zero-order valence-electron chi connectivity index (χ0n) is 8.48. The van der Waals surface area contributed by atoms with Crippen LogP contribution >= 0.6 is 11.3 Å². The molecule has 0 fully saturated rings. The number of carbonyl (C=O) groups excluding carboxylic acids is 1. The summed E-state index contributed by atoms with van der Waals surface area (Å²) in [6.45, 7) is 0.778. The van der Waals surface area contributed by atoms with Gasteiger partial charge in [0.2, 0.25) is 5.91 Å². The fourth-order valence-electron chi connectivity index (χ4n) is 1.14. The third-order valence-electron chi connectivity index (χ3n) is 2.03. The average molecular weight is 228 g/mol. The molecule has 0 aliphatic rings. The van der Waals surface area contributed by atoms with Crippen molar-refractivity contribution in [2.45, 2.75) is 18.9 Å². The molecule has 1 atom stereocenters. The quantitative estimate of drug-likeness (QED) is 0.668. The van der Waals surface area contributed by atoms with Crippen LogP contribution in [0.25, 0.3) is 0 Å². The third-order valence-corrected chi connectivity index (χ3v) is 2.73. The number of hydrogen-bond acceptors (Lipinski definition) is 4. The van der Waals surface area contributed by atoms with Crippen molar-refractivity contribution in [2.75, 3.05) is 13.1 Å². The summed E-state index contributed by atoms with van der Waals surface area (Å²) in [5.74, 6) is -0.0604. The molecule has 0 bridgehead atoms. The Hall–Kier alpha value is -0.910. The summed E-state index contributed by atoms with van der Waals surface area (Å²) in [5.41, 5.74) is 6.13. The zero-order chi connectivity index (χ0) is 11.1. The van der Waals surface area contributed by atoms with E-state index >= 15 is 0 Å². The fraction of sp³-hybridized carbons (Fsp3) is 0.500. The monoisotopic (exact) mass is 228 g/mol. The molecule has 0 radical (unpaired) electrons. The summed E-state index contributed by atoms with van der Waals surface area (Å²) >= 11 is 1.53. The van der Waals surface area contributed by atoms with E-state index < -0.39 is 6.10 Å². The SMILES string of the molecule is NCCCC(=O)NCC(O)c1ccsc1. The second kappa shape index (κ2) is 6.55. The molecule has 0 spiro atoms. The van der Waals surface area contributed by atoms with Crippen LogP contribution in [0.5, 0.6) is 0 Å². The molecule has 0 aliphatic carbocycles. The molecular weight excluding hydrogens is 212 g/mol. The lowest BCUT2D eigenvalue weighted by Gasteiger charge is -2.10. The molecule has 0 saturated carbocycles. The smallest absolute Gasteiger partial charge is 0.220 e. The average Bonchev–Trinajstić information content (AvgIpc) is 2.76. The lowest BCUT2D eigenvalue weighted by Crippen LogP contribution is -2.28. The molecule has 4 nitrogen and oxygen atoms in total. The second-order valence-electron chi connectivity index (χ2n) is 3.27. The lowest BCUT2D eigenvalue weighted by atomic mass is 10.2. The molecule has 84 valence electrons. The van der Waals surface area contributed by atoms with Crippen molar-refractivity contribution < 1.29 is 9.90 Å². The van der Waals surface area contributed by atoms with Gasteiger partial charge in [-0.05, 0) is 35.4 Å². The van der Waals surface area contributed by atoms with Gasteiger partial charge in [0.1, 0.15) is 0 Å². The van der Waals surface area contributed by atoms with Gasteiger partial charge >= 0.3 is 0 Å². The Bertz CT molecular complexity index is 288. The van der Waals surface area contributed by atoms with Crippen molar-refractivity contribution in [3.63, 3.8) is 0 Å². The van der Waals surface area contributed by atoms with Crippen molar-refractivity contribution >= 4 is 17.2 Å². The van der Waals surface area contributed by atoms with Gasteiger partial charge in [-0.15, -0.1) is 0 Å². The summed E-state index contributed by atoms with van der Waals surface area (Å²) in [7, 11) is 0. The van der Waals surface area contributed by atoms with Gasteiger partial charge in [-0.3, -0.25) is 4.79 Å². The van der Waals surface area contributed by atoms with Gasteiger partial charge in [0.05, 0.1) is 6.10 Å². The van der Waals surface area contributed by atoms with Crippen molar-refractivity contribution in [1.29, 1.82) is 0 Å². The number of rotatable bonds is 6. The van der Waals surface area contributed by atoms with Crippen LogP contribution in [0.4, 0.5) is 0 Å². The predicted molar refractivity (Wildman–Crippen MR) is 60.6 cm³/mol. The van der Waals surface area contributed by atoms with Crippen LogP contribution in [0.2, 0.25) is 0 Å². The highest BCUT2D eigenvalue weighted by atomic mass is 32.1. The summed E-state index contributed by atoms with van der Waals surface area (Å²) in [6.07, 6.45) is 0.492. The van der Waals surface area contributed by atoms with Crippen LogP contribution < -0.4 is 11.1 Å². The minimum absolute atomic E-state index is 0.0604. The molecule has 1 unspecified atom stereocenters. The predicted octanol–water partition coefficient (Wildman–Crippen LogP) is 0.637. The molecule has 0 saturated heterocycles. The number of nitrogens with two attached hydrogens (primary N) is 1. The maximum atomic E-state index is 11.2. The van der Waals surface area contributed by atoms with Gasteiger partial charge < -0.3 is 16.2 Å². The van der Waals surface area contributed by atoms with E-state index in [4.69, 9.17) is 5.73 Å². The largest absolute Gasteiger partial charge is 0.387 e. The van der Waals surface area contributed by atoms with E-state index in [0.717, 1.165) is 5.56 Å². The number of aliphatic hydroxyl groups excluding tert-OH is 1. The van der Waals surface area contributed by atoms with E-state index in [1.807, 2.05) is 16.8 Å². The topological polar surface area (TPSA) is 75.4 Å². The van der Waals surface area contributed by atoms with E-state index in [0.29, 0.717) is 19.4 Å². The summed E-state index contributed by atoms with van der Waals surface area (Å²) in [6, 6.07) is 1.85. The molecule has 1 aromatic heterocycles. The van der Waals surface area contributed by atoms with Gasteiger partial charge in [-0.1, -0.05) is 0 Å². The maximum absolute atomic E-state index is 11.2. The highest BCUT2D eigenvalue weighted by Crippen LogP contribution is 2.14. The molecule has 1 heterocycles. The van der Waals surface area contributed by atoms with Crippen molar-refractivity contribution in [3.8, 4) is 0 Å². The molecule has 5 heteroatoms. The molecule has 0 aromatic carbocycles. The van der Waals surface area contributed by atoms with Crippen molar-refractivity contribution in [1.82, 2.24) is 5.32 Å². The summed E-state index contributed by atoms with van der Waals surface area (Å²) in [4.78, 5) is 11.2. The highest BCUT2D eigenvalue weighted by Gasteiger charge is 2.09. The number of hydrogen-bond donors (Lipinski definition) is 3. The number of aliphatic hydroxyl groups is 1. The van der Waals surface area contributed by atoms with Crippen molar-refractivity contribution in [3.05, 3.63) is 22.4 Å². The number of nitrogens with one attached hydrogen (secondary N) is 1. The summed E-state index contributed by atoms with van der Waals surface area (Å²) in [5, 5.41) is 16.1. The Morgan fingerprint density at radius 1 is 1.67 bits per heavy atom. The van der Waals surface area contributed by atoms with E-state index in [9.17, 15) is 9.90 Å². The van der Waals surface area contributed by atoms with Gasteiger partial charge in [0.15, 0.2) is 0 Å². The first kappa shape index (κ1) is 12.2. The highest BCUT2D eigenvalue weighted by molar-refractivity contribution is 7.07. The van der Waals surface area contributed by atoms with Gasteiger partial charge in [-0.25, -0.2) is 0 Å². The molecule has 4 N–H and O–H groups in total. The van der Waals surface area contributed by atoms with E-state index in [1.54, 1.807) is 0 Å². The minimum Gasteiger partial charge on any atom is -0.387 e. The molecular formula is C10H16N2O2S. The number of thiophene rings is 1. The van der Waals surface area contributed by atoms with E-state index in [-0.39, 0.29) is 12.5 Å². The molecule has 1 rings (SSSR count). The Labute approximate surface area is 93.1 Å². The minimum atomic E-state index is -0.613. The van der Waals surface area contributed by atoms with Crippen LogP contribution in [0.15, 0.2) is 16.8 Å². The first-order chi connectivity index (χ1) is 7.24. The second-order valence-corrected chi connectivity index (χ2v) is 4.05. The number of amides is 1. The normalized spacial score (nSPS) is 12.4. The van der Waals surface area contributed by atoms with E-state index in [2.05, 4.69) is 5.32 Å². The molecule has 15 heavy (non-hydrogen) atoms. The van der Waals surface area contributed by atoms with Crippen LogP contribution in [0.3, 0.4) is 0 Å². The molecule has 1 amide bonds. The van der Waals surface area contributed by atoms with Crippen LogP contribution in [-0.2, 0) is 4.79 Å². The van der Waals surface area contributed by atoms with Gasteiger partial charge in [0, 0.05) is 13.0 Å². The van der Waals surface area contributed by atoms with Crippen molar-refractivity contribution in [2.24, 2.45) is 5.73 Å². The number of carbonyl (C=O) groups is 1. The van der Waals surface area contributed by atoms with Crippen LogP contribution in [-0.4, -0.2) is 24.1 Å².